The summed E-state index contributed by atoms with van der Waals surface area (Å²) in [5.74, 6) is 0.710. The molecular formula is C13H27N3O3S. The normalized spacial score (nSPS) is 28.4. The Balaban J connectivity index is 1.81. The van der Waals surface area contributed by atoms with Gasteiger partial charge >= 0.3 is 0 Å². The number of hydrogen-bond acceptors (Lipinski definition) is 4. The van der Waals surface area contributed by atoms with Crippen LogP contribution < -0.4 is 4.72 Å². The van der Waals surface area contributed by atoms with E-state index in [2.05, 4.69) is 23.5 Å². The number of rotatable bonds is 5. The molecule has 20 heavy (non-hydrogen) atoms. The lowest BCUT2D eigenvalue weighted by molar-refractivity contribution is 0.0722. The molecule has 0 aromatic rings. The molecule has 0 aromatic heterocycles. The molecule has 2 aliphatic heterocycles. The standard InChI is InChI=1S/C13H27N3O3S/c1-12-4-3-5-15(11-12)13(2)10-14-20(17,18)16-6-8-19-9-7-16/h12-14H,3-11H2,1-2H3/t12-,13+/m0/s1. The Labute approximate surface area is 122 Å². The number of piperidine rings is 1. The summed E-state index contributed by atoms with van der Waals surface area (Å²) in [7, 11) is -3.35. The third-order valence-corrected chi connectivity index (χ3v) is 5.76. The summed E-state index contributed by atoms with van der Waals surface area (Å²) in [6, 6.07) is 0.244. The largest absolute Gasteiger partial charge is 0.379 e. The third-order valence-electron chi connectivity index (χ3n) is 4.18. The highest BCUT2D eigenvalue weighted by molar-refractivity contribution is 7.87. The van der Waals surface area contributed by atoms with Crippen LogP contribution in [0.2, 0.25) is 0 Å². The van der Waals surface area contributed by atoms with Crippen molar-refractivity contribution < 1.29 is 13.2 Å². The van der Waals surface area contributed by atoms with Gasteiger partial charge in [-0.2, -0.15) is 12.7 Å². The van der Waals surface area contributed by atoms with Crippen LogP contribution in [-0.2, 0) is 14.9 Å². The van der Waals surface area contributed by atoms with E-state index in [4.69, 9.17) is 4.74 Å². The molecule has 7 heteroatoms. The second kappa shape index (κ2) is 7.17. The Bertz CT molecular complexity index is 396. The molecule has 0 saturated carbocycles. The van der Waals surface area contributed by atoms with Gasteiger partial charge < -0.3 is 4.74 Å². The van der Waals surface area contributed by atoms with E-state index in [1.807, 2.05) is 0 Å². The number of likely N-dealkylation sites (tertiary alicyclic amines) is 1. The van der Waals surface area contributed by atoms with Gasteiger partial charge in [0.05, 0.1) is 13.2 Å². The summed E-state index contributed by atoms with van der Waals surface area (Å²) in [4.78, 5) is 2.38. The zero-order chi connectivity index (χ0) is 14.6. The van der Waals surface area contributed by atoms with Gasteiger partial charge in [0.25, 0.3) is 10.2 Å². The Hall–Kier alpha value is -0.210. The second-order valence-corrected chi connectivity index (χ2v) is 7.71. The minimum absolute atomic E-state index is 0.244. The van der Waals surface area contributed by atoms with Gasteiger partial charge in [0.1, 0.15) is 0 Å². The predicted molar refractivity (Wildman–Crippen MR) is 78.7 cm³/mol. The summed E-state index contributed by atoms with van der Waals surface area (Å²) < 4.78 is 33.8. The first kappa shape index (κ1) is 16.2. The first-order valence-electron chi connectivity index (χ1n) is 7.55. The van der Waals surface area contributed by atoms with E-state index in [1.165, 1.54) is 17.1 Å². The van der Waals surface area contributed by atoms with Gasteiger partial charge in [-0.15, -0.1) is 0 Å². The summed E-state index contributed by atoms with van der Waals surface area (Å²) in [6.07, 6.45) is 2.49. The molecule has 0 spiro atoms. The van der Waals surface area contributed by atoms with Crippen molar-refractivity contribution in [2.45, 2.75) is 32.7 Å². The molecule has 118 valence electrons. The van der Waals surface area contributed by atoms with E-state index in [1.54, 1.807) is 0 Å². The van der Waals surface area contributed by atoms with Crippen molar-refractivity contribution in [3.05, 3.63) is 0 Å². The quantitative estimate of drug-likeness (QED) is 0.792. The molecular weight excluding hydrogens is 278 g/mol. The van der Waals surface area contributed by atoms with Crippen molar-refractivity contribution in [1.82, 2.24) is 13.9 Å². The van der Waals surface area contributed by atoms with E-state index >= 15 is 0 Å². The third kappa shape index (κ3) is 4.39. The van der Waals surface area contributed by atoms with Gasteiger partial charge in [0.15, 0.2) is 0 Å². The van der Waals surface area contributed by atoms with E-state index < -0.39 is 10.2 Å². The number of morpholine rings is 1. The second-order valence-electron chi connectivity index (χ2n) is 5.96. The first-order valence-corrected chi connectivity index (χ1v) is 8.99. The molecule has 6 nitrogen and oxygen atoms in total. The van der Waals surface area contributed by atoms with Crippen LogP contribution in [0, 0.1) is 5.92 Å². The lowest BCUT2D eigenvalue weighted by atomic mass is 9.99. The summed E-state index contributed by atoms with van der Waals surface area (Å²) in [6.45, 7) is 8.85. The van der Waals surface area contributed by atoms with Crippen molar-refractivity contribution in [2.24, 2.45) is 5.92 Å². The Morgan fingerprint density at radius 2 is 2.00 bits per heavy atom. The zero-order valence-electron chi connectivity index (χ0n) is 12.5. The highest BCUT2D eigenvalue weighted by Crippen LogP contribution is 2.17. The fourth-order valence-electron chi connectivity index (χ4n) is 2.86. The maximum absolute atomic E-state index is 12.2. The van der Waals surface area contributed by atoms with Crippen LogP contribution in [0.25, 0.3) is 0 Å². The van der Waals surface area contributed by atoms with Crippen LogP contribution in [0.4, 0.5) is 0 Å². The van der Waals surface area contributed by atoms with E-state index in [-0.39, 0.29) is 6.04 Å². The fourth-order valence-corrected chi connectivity index (χ4v) is 4.12. The molecule has 2 rings (SSSR count). The maximum Gasteiger partial charge on any atom is 0.279 e. The molecule has 0 unspecified atom stereocenters. The number of ether oxygens (including phenoxy) is 1. The lowest BCUT2D eigenvalue weighted by Crippen LogP contribution is -2.51. The van der Waals surface area contributed by atoms with Crippen molar-refractivity contribution in [3.8, 4) is 0 Å². The first-order chi connectivity index (χ1) is 9.49. The maximum atomic E-state index is 12.2. The van der Waals surface area contributed by atoms with Crippen molar-refractivity contribution in [3.63, 3.8) is 0 Å². The van der Waals surface area contributed by atoms with E-state index in [9.17, 15) is 8.42 Å². The highest BCUT2D eigenvalue weighted by atomic mass is 32.2. The van der Waals surface area contributed by atoms with Crippen LogP contribution in [0.3, 0.4) is 0 Å². The average molecular weight is 305 g/mol. The molecule has 2 heterocycles. The van der Waals surface area contributed by atoms with Crippen molar-refractivity contribution >= 4 is 10.2 Å². The summed E-state index contributed by atoms with van der Waals surface area (Å²) in [5, 5.41) is 0. The Morgan fingerprint density at radius 3 is 2.65 bits per heavy atom. The van der Waals surface area contributed by atoms with Crippen molar-refractivity contribution in [1.29, 1.82) is 0 Å². The number of nitrogens with one attached hydrogen (secondary N) is 1. The minimum atomic E-state index is -3.35. The molecule has 2 atom stereocenters. The van der Waals surface area contributed by atoms with Gasteiger partial charge in [0, 0.05) is 32.2 Å². The van der Waals surface area contributed by atoms with Crippen LogP contribution in [0.1, 0.15) is 26.7 Å². The summed E-state index contributed by atoms with van der Waals surface area (Å²) >= 11 is 0. The number of nitrogens with zero attached hydrogens (tertiary/aromatic N) is 2. The average Bonchev–Trinajstić information content (AvgIpc) is 2.46. The van der Waals surface area contributed by atoms with Gasteiger partial charge in [-0.25, -0.2) is 4.72 Å². The van der Waals surface area contributed by atoms with Crippen molar-refractivity contribution in [2.75, 3.05) is 45.9 Å². The van der Waals surface area contributed by atoms with Crippen LogP contribution in [0.5, 0.6) is 0 Å². The number of hydrogen-bond donors (Lipinski definition) is 1. The van der Waals surface area contributed by atoms with Gasteiger partial charge in [-0.05, 0) is 32.2 Å². The SMILES string of the molecule is C[C@H]1CCCN([C@H](C)CNS(=O)(=O)N2CCOCC2)C1. The Morgan fingerprint density at radius 1 is 1.30 bits per heavy atom. The molecule has 0 bridgehead atoms. The van der Waals surface area contributed by atoms with E-state index in [0.717, 1.165) is 13.1 Å². The predicted octanol–water partition coefficient (Wildman–Crippen LogP) is 0.273. The van der Waals surface area contributed by atoms with Crippen LogP contribution >= 0.6 is 0 Å². The van der Waals surface area contributed by atoms with E-state index in [0.29, 0.717) is 38.8 Å². The topological polar surface area (TPSA) is 61.9 Å². The van der Waals surface area contributed by atoms with Gasteiger partial charge in [0.2, 0.25) is 0 Å². The molecule has 0 radical (unpaired) electrons. The summed E-state index contributed by atoms with van der Waals surface area (Å²) in [5.41, 5.74) is 0. The molecule has 2 aliphatic rings. The van der Waals surface area contributed by atoms with Crippen LogP contribution in [0.15, 0.2) is 0 Å². The molecule has 2 saturated heterocycles. The smallest absolute Gasteiger partial charge is 0.279 e. The lowest BCUT2D eigenvalue weighted by Gasteiger charge is -2.36. The highest BCUT2D eigenvalue weighted by Gasteiger charge is 2.26. The van der Waals surface area contributed by atoms with Gasteiger partial charge in [-0.1, -0.05) is 6.92 Å². The molecule has 0 aliphatic carbocycles. The van der Waals surface area contributed by atoms with Crippen LogP contribution in [-0.4, -0.2) is 69.6 Å². The van der Waals surface area contributed by atoms with Gasteiger partial charge in [-0.3, -0.25) is 4.90 Å². The molecule has 0 aromatic carbocycles. The molecule has 1 N–H and O–H groups in total. The minimum Gasteiger partial charge on any atom is -0.379 e. The molecule has 0 amide bonds. The molecule has 2 fully saturated rings. The fraction of sp³-hybridized carbons (Fsp3) is 1.00. The monoisotopic (exact) mass is 305 g/mol. The Kier molecular flexibility index (Phi) is 5.80. The zero-order valence-corrected chi connectivity index (χ0v) is 13.4.